The molecule has 2 aliphatic rings. The lowest BCUT2D eigenvalue weighted by Crippen LogP contribution is -2.54. The topological polar surface area (TPSA) is 67.3 Å². The van der Waals surface area contributed by atoms with Crippen LogP contribution in [0.1, 0.15) is 29.6 Å². The molecule has 0 N–H and O–H groups in total. The molecule has 1 aromatic heterocycles. The van der Waals surface area contributed by atoms with Crippen LogP contribution in [0.3, 0.4) is 0 Å². The Labute approximate surface area is 139 Å². The number of benzene rings is 1. The fourth-order valence-corrected chi connectivity index (χ4v) is 5.92. The molecular formula is C17H17FN2O3S. The maximum atomic E-state index is 13.7. The summed E-state index contributed by atoms with van der Waals surface area (Å²) in [4.78, 5) is 18.6. The fourth-order valence-electron chi connectivity index (χ4n) is 3.88. The van der Waals surface area contributed by atoms with Crippen LogP contribution in [0.4, 0.5) is 4.39 Å². The van der Waals surface area contributed by atoms with E-state index in [2.05, 4.69) is 4.98 Å². The molecule has 1 aliphatic carbocycles. The highest BCUT2D eigenvalue weighted by molar-refractivity contribution is 7.92. The number of halogens is 1. The van der Waals surface area contributed by atoms with Gasteiger partial charge in [-0.3, -0.25) is 9.78 Å². The van der Waals surface area contributed by atoms with Gasteiger partial charge in [0, 0.05) is 24.2 Å². The predicted molar refractivity (Wildman–Crippen MR) is 88.0 cm³/mol. The van der Waals surface area contributed by atoms with Crippen molar-refractivity contribution in [1.82, 2.24) is 9.88 Å². The smallest absolute Gasteiger partial charge is 0.255 e. The van der Waals surface area contributed by atoms with Crippen LogP contribution >= 0.6 is 0 Å². The second-order valence-electron chi connectivity index (χ2n) is 6.44. The summed E-state index contributed by atoms with van der Waals surface area (Å²) in [5.74, 6) is -0.637. The van der Waals surface area contributed by atoms with Gasteiger partial charge in [0.1, 0.15) is 11.3 Å². The lowest BCUT2D eigenvalue weighted by Gasteiger charge is -2.37. The van der Waals surface area contributed by atoms with E-state index in [4.69, 9.17) is 0 Å². The first-order valence-corrected chi connectivity index (χ1v) is 9.76. The highest BCUT2D eigenvalue weighted by Crippen LogP contribution is 2.34. The lowest BCUT2D eigenvalue weighted by molar-refractivity contribution is 0.0686. The summed E-state index contributed by atoms with van der Waals surface area (Å²) in [6.45, 7) is 0.212. The average Bonchev–Trinajstić information content (AvgIpc) is 3.05. The molecule has 5 nitrogen and oxygen atoms in total. The van der Waals surface area contributed by atoms with E-state index in [-0.39, 0.29) is 29.8 Å². The van der Waals surface area contributed by atoms with E-state index >= 15 is 0 Å². The molecular weight excluding hydrogens is 331 g/mol. The predicted octanol–water partition coefficient (Wildman–Crippen LogP) is 2.17. The number of sulfone groups is 1. The molecule has 0 unspecified atom stereocenters. The number of nitrogens with zero attached hydrogens (tertiary/aromatic N) is 2. The standard InChI is InChI=1S/C17H17FN2O3S/c18-13-4-1-3-11-9-12(10-19-16(11)13)17(21)20-7-8-24(22,23)15-6-2-5-14(15)20/h1,3-4,9-10,14-15H,2,5-8H2/t14-,15+/m1/s1. The van der Waals surface area contributed by atoms with Crippen LogP contribution in [0.25, 0.3) is 10.9 Å². The van der Waals surface area contributed by atoms with Gasteiger partial charge in [-0.1, -0.05) is 12.1 Å². The first-order chi connectivity index (χ1) is 11.5. The lowest BCUT2D eigenvalue weighted by atomic mass is 10.1. The Bertz CT molecular complexity index is 929. The maximum absolute atomic E-state index is 13.7. The zero-order valence-corrected chi connectivity index (χ0v) is 13.8. The van der Waals surface area contributed by atoms with Gasteiger partial charge in [-0.15, -0.1) is 0 Å². The van der Waals surface area contributed by atoms with Crippen molar-refractivity contribution in [3.63, 3.8) is 0 Å². The number of aromatic nitrogens is 1. The molecule has 0 radical (unpaired) electrons. The molecule has 1 saturated heterocycles. The van der Waals surface area contributed by atoms with Crippen LogP contribution in [-0.2, 0) is 9.84 Å². The highest BCUT2D eigenvalue weighted by atomic mass is 32.2. The molecule has 2 heterocycles. The first-order valence-electron chi connectivity index (χ1n) is 8.04. The summed E-state index contributed by atoms with van der Waals surface area (Å²) in [7, 11) is -3.11. The molecule has 7 heteroatoms. The van der Waals surface area contributed by atoms with Crippen LogP contribution in [-0.4, -0.2) is 47.8 Å². The van der Waals surface area contributed by atoms with Crippen molar-refractivity contribution in [1.29, 1.82) is 0 Å². The third kappa shape index (κ3) is 2.38. The third-order valence-corrected chi connectivity index (χ3v) is 7.29. The van der Waals surface area contributed by atoms with Gasteiger partial charge in [-0.2, -0.15) is 0 Å². The fraction of sp³-hybridized carbons (Fsp3) is 0.412. The van der Waals surface area contributed by atoms with Gasteiger partial charge < -0.3 is 4.90 Å². The van der Waals surface area contributed by atoms with Gasteiger partial charge in [0.05, 0.1) is 16.6 Å². The summed E-state index contributed by atoms with van der Waals surface area (Å²) in [5.41, 5.74) is 0.604. The zero-order chi connectivity index (χ0) is 16.9. The van der Waals surface area contributed by atoms with Crippen LogP contribution < -0.4 is 0 Å². The van der Waals surface area contributed by atoms with Gasteiger partial charge in [0.25, 0.3) is 5.91 Å². The van der Waals surface area contributed by atoms with Crippen LogP contribution in [0, 0.1) is 5.82 Å². The number of amides is 1. The van der Waals surface area contributed by atoms with E-state index in [1.807, 2.05) is 0 Å². The Morgan fingerprint density at radius 1 is 1.29 bits per heavy atom. The van der Waals surface area contributed by atoms with E-state index in [0.717, 1.165) is 6.42 Å². The van der Waals surface area contributed by atoms with Crippen LogP contribution in [0.2, 0.25) is 0 Å². The summed E-state index contributed by atoms with van der Waals surface area (Å²) in [5, 5.41) is 0.120. The van der Waals surface area contributed by atoms with Gasteiger partial charge in [0.2, 0.25) is 0 Å². The number of pyridine rings is 1. The van der Waals surface area contributed by atoms with Crippen molar-refractivity contribution < 1.29 is 17.6 Å². The average molecular weight is 348 g/mol. The molecule has 2 aromatic rings. The second-order valence-corrected chi connectivity index (χ2v) is 8.78. The number of carbonyl (C=O) groups excluding carboxylic acids is 1. The van der Waals surface area contributed by atoms with Crippen molar-refractivity contribution in [2.24, 2.45) is 0 Å². The normalized spacial score (nSPS) is 25.6. The molecule has 1 amide bonds. The quantitative estimate of drug-likeness (QED) is 0.792. The number of rotatable bonds is 1. The molecule has 4 rings (SSSR count). The van der Waals surface area contributed by atoms with E-state index < -0.39 is 20.9 Å². The second kappa shape index (κ2) is 5.51. The Morgan fingerprint density at radius 3 is 2.96 bits per heavy atom. The van der Waals surface area contributed by atoms with Crippen molar-refractivity contribution in [3.8, 4) is 0 Å². The van der Waals surface area contributed by atoms with Crippen molar-refractivity contribution in [3.05, 3.63) is 41.8 Å². The molecule has 126 valence electrons. The van der Waals surface area contributed by atoms with E-state index in [1.54, 1.807) is 23.1 Å². The zero-order valence-electron chi connectivity index (χ0n) is 13.0. The maximum Gasteiger partial charge on any atom is 0.255 e. The number of carbonyl (C=O) groups is 1. The van der Waals surface area contributed by atoms with Crippen molar-refractivity contribution in [2.45, 2.75) is 30.6 Å². The van der Waals surface area contributed by atoms with Crippen molar-refractivity contribution in [2.75, 3.05) is 12.3 Å². The van der Waals surface area contributed by atoms with Gasteiger partial charge in [0.15, 0.2) is 9.84 Å². The minimum Gasteiger partial charge on any atom is -0.333 e. The third-order valence-electron chi connectivity index (χ3n) is 5.07. The Balaban J connectivity index is 1.69. The molecule has 1 saturated carbocycles. The minimum atomic E-state index is -3.11. The molecule has 0 spiro atoms. The Hall–Kier alpha value is -2.02. The van der Waals surface area contributed by atoms with E-state index in [0.29, 0.717) is 23.8 Å². The Kier molecular flexibility index (Phi) is 3.56. The summed E-state index contributed by atoms with van der Waals surface area (Å²) in [6.07, 6.45) is 3.53. The number of para-hydroxylation sites is 1. The summed E-state index contributed by atoms with van der Waals surface area (Å²) < 4.78 is 38.1. The molecule has 1 aliphatic heterocycles. The molecule has 2 fully saturated rings. The largest absolute Gasteiger partial charge is 0.333 e. The number of hydrogen-bond donors (Lipinski definition) is 0. The van der Waals surface area contributed by atoms with Gasteiger partial charge in [-0.05, 0) is 31.4 Å². The highest BCUT2D eigenvalue weighted by Gasteiger charge is 2.46. The van der Waals surface area contributed by atoms with E-state index in [1.165, 1.54) is 12.3 Å². The molecule has 24 heavy (non-hydrogen) atoms. The number of fused-ring (bicyclic) bond motifs is 2. The number of hydrogen-bond acceptors (Lipinski definition) is 4. The van der Waals surface area contributed by atoms with Crippen LogP contribution in [0.5, 0.6) is 0 Å². The molecule has 2 atom stereocenters. The van der Waals surface area contributed by atoms with Crippen LogP contribution in [0.15, 0.2) is 30.5 Å². The monoisotopic (exact) mass is 348 g/mol. The van der Waals surface area contributed by atoms with Gasteiger partial charge >= 0.3 is 0 Å². The summed E-state index contributed by atoms with van der Waals surface area (Å²) >= 11 is 0. The van der Waals surface area contributed by atoms with Gasteiger partial charge in [-0.25, -0.2) is 12.8 Å². The Morgan fingerprint density at radius 2 is 2.12 bits per heavy atom. The van der Waals surface area contributed by atoms with E-state index in [9.17, 15) is 17.6 Å². The minimum absolute atomic E-state index is 0.00947. The van der Waals surface area contributed by atoms with Crippen molar-refractivity contribution >= 4 is 26.6 Å². The molecule has 0 bridgehead atoms. The SMILES string of the molecule is O=C(c1cnc2c(F)cccc2c1)N1CCS(=O)(=O)[C@H]2CCC[C@H]21. The summed E-state index contributed by atoms with van der Waals surface area (Å²) in [6, 6.07) is 5.99. The molecule has 1 aromatic carbocycles. The first kappa shape index (κ1) is 15.5.